The second kappa shape index (κ2) is 9.42. The molecule has 0 fully saturated rings. The minimum Gasteiger partial charge on any atom is -0.382 e. The Bertz CT molecular complexity index is 415. The van der Waals surface area contributed by atoms with Crippen molar-refractivity contribution in [3.8, 4) is 0 Å². The van der Waals surface area contributed by atoms with E-state index in [1.807, 2.05) is 13.8 Å². The Morgan fingerprint density at radius 3 is 2.70 bits per heavy atom. The summed E-state index contributed by atoms with van der Waals surface area (Å²) in [5.41, 5.74) is 0.115. The van der Waals surface area contributed by atoms with Crippen molar-refractivity contribution in [2.75, 3.05) is 19.8 Å². The monoisotopic (exact) mass is 349 g/mol. The lowest BCUT2D eigenvalue weighted by molar-refractivity contribution is 0.140. The van der Waals surface area contributed by atoms with E-state index >= 15 is 0 Å². The van der Waals surface area contributed by atoms with Crippen molar-refractivity contribution < 1.29 is 13.5 Å². The Labute approximate surface area is 128 Å². The zero-order valence-electron chi connectivity index (χ0n) is 12.0. The minimum absolute atomic E-state index is 0.115. The van der Waals surface area contributed by atoms with E-state index < -0.39 is 11.6 Å². The van der Waals surface area contributed by atoms with Crippen molar-refractivity contribution in [1.82, 2.24) is 5.32 Å². The van der Waals surface area contributed by atoms with Gasteiger partial charge in [0.25, 0.3) is 0 Å². The van der Waals surface area contributed by atoms with Crippen LogP contribution in [0, 0.1) is 11.6 Å². The lowest BCUT2D eigenvalue weighted by atomic mass is 10.0. The molecule has 0 amide bonds. The maximum absolute atomic E-state index is 14.2. The maximum atomic E-state index is 14.2. The smallest absolute Gasteiger partial charge is 0.145 e. The molecule has 1 N–H and O–H groups in total. The summed E-state index contributed by atoms with van der Waals surface area (Å²) in [6.07, 6.45) is 2.32. The molecule has 0 saturated heterocycles. The van der Waals surface area contributed by atoms with Gasteiger partial charge in [-0.2, -0.15) is 0 Å². The lowest BCUT2D eigenvalue weighted by Gasteiger charge is -2.20. The highest BCUT2D eigenvalue weighted by Crippen LogP contribution is 2.29. The van der Waals surface area contributed by atoms with Crippen LogP contribution in [0.2, 0.25) is 0 Å². The van der Waals surface area contributed by atoms with Gasteiger partial charge in [-0.25, -0.2) is 8.78 Å². The van der Waals surface area contributed by atoms with E-state index in [2.05, 4.69) is 21.2 Å². The summed E-state index contributed by atoms with van der Waals surface area (Å²) in [6.45, 7) is 5.95. The molecule has 0 aromatic heterocycles. The Morgan fingerprint density at radius 1 is 1.30 bits per heavy atom. The van der Waals surface area contributed by atoms with Crippen molar-refractivity contribution in [3.05, 3.63) is 33.8 Å². The van der Waals surface area contributed by atoms with Gasteiger partial charge in [-0.05, 0) is 60.8 Å². The number of rotatable bonds is 9. The molecule has 1 aromatic rings. The predicted molar refractivity (Wildman–Crippen MR) is 80.8 cm³/mol. The van der Waals surface area contributed by atoms with Gasteiger partial charge in [0.2, 0.25) is 0 Å². The molecule has 5 heteroatoms. The third-order valence-electron chi connectivity index (χ3n) is 3.05. The van der Waals surface area contributed by atoms with Crippen molar-refractivity contribution in [3.63, 3.8) is 0 Å². The molecule has 114 valence electrons. The number of hydrogen-bond donors (Lipinski definition) is 1. The van der Waals surface area contributed by atoms with Crippen LogP contribution in [0.5, 0.6) is 0 Å². The normalized spacial score (nSPS) is 12.7. The van der Waals surface area contributed by atoms with E-state index in [4.69, 9.17) is 4.74 Å². The van der Waals surface area contributed by atoms with E-state index in [0.29, 0.717) is 24.1 Å². The van der Waals surface area contributed by atoms with E-state index in [0.717, 1.165) is 19.4 Å². The van der Waals surface area contributed by atoms with Crippen LogP contribution in [0.25, 0.3) is 0 Å². The fourth-order valence-electron chi connectivity index (χ4n) is 2.06. The van der Waals surface area contributed by atoms with Gasteiger partial charge in [0.05, 0.1) is 4.47 Å². The maximum Gasteiger partial charge on any atom is 0.145 e. The van der Waals surface area contributed by atoms with Crippen LogP contribution in [0.15, 0.2) is 16.6 Å². The second-order valence-corrected chi connectivity index (χ2v) is 5.46. The van der Waals surface area contributed by atoms with Crippen molar-refractivity contribution in [2.45, 2.75) is 39.2 Å². The van der Waals surface area contributed by atoms with Crippen LogP contribution < -0.4 is 5.32 Å². The average Bonchev–Trinajstić information content (AvgIpc) is 2.44. The number of hydrogen-bond acceptors (Lipinski definition) is 2. The summed E-state index contributed by atoms with van der Waals surface area (Å²) in [4.78, 5) is 0. The summed E-state index contributed by atoms with van der Waals surface area (Å²) in [7, 11) is 0. The van der Waals surface area contributed by atoms with Gasteiger partial charge in [-0.15, -0.1) is 0 Å². The molecule has 0 heterocycles. The van der Waals surface area contributed by atoms with Gasteiger partial charge in [0, 0.05) is 24.8 Å². The lowest BCUT2D eigenvalue weighted by Crippen LogP contribution is -2.24. The van der Waals surface area contributed by atoms with E-state index in [1.54, 1.807) is 0 Å². The highest BCUT2D eigenvalue weighted by atomic mass is 79.9. The van der Waals surface area contributed by atoms with Crippen LogP contribution in [0.4, 0.5) is 8.78 Å². The van der Waals surface area contributed by atoms with E-state index in [9.17, 15) is 8.78 Å². The molecule has 1 unspecified atom stereocenters. The minimum atomic E-state index is -0.519. The molecule has 1 atom stereocenters. The summed E-state index contributed by atoms with van der Waals surface area (Å²) in [5, 5.41) is 3.22. The highest BCUT2D eigenvalue weighted by molar-refractivity contribution is 9.10. The summed E-state index contributed by atoms with van der Waals surface area (Å²) in [6, 6.07) is 2.37. The Hall–Kier alpha value is -0.520. The SMILES string of the molecule is CCCNC(CCCOCC)c1c(F)ccc(Br)c1F. The largest absolute Gasteiger partial charge is 0.382 e. The third-order valence-corrected chi connectivity index (χ3v) is 3.67. The van der Waals surface area contributed by atoms with E-state index in [1.165, 1.54) is 12.1 Å². The van der Waals surface area contributed by atoms with Gasteiger partial charge < -0.3 is 10.1 Å². The first-order valence-corrected chi connectivity index (χ1v) is 7.85. The summed E-state index contributed by atoms with van der Waals surface area (Å²) in [5.74, 6) is -1.02. The Kier molecular flexibility index (Phi) is 8.26. The first-order valence-electron chi connectivity index (χ1n) is 7.06. The van der Waals surface area contributed by atoms with Crippen molar-refractivity contribution >= 4 is 15.9 Å². The fourth-order valence-corrected chi connectivity index (χ4v) is 2.41. The number of halogens is 3. The molecule has 0 saturated carbocycles. The molecule has 2 nitrogen and oxygen atoms in total. The Balaban J connectivity index is 2.83. The van der Waals surface area contributed by atoms with Crippen molar-refractivity contribution in [1.29, 1.82) is 0 Å². The number of ether oxygens (including phenoxy) is 1. The molecule has 0 radical (unpaired) electrons. The average molecular weight is 350 g/mol. The first kappa shape index (κ1) is 17.5. The van der Waals surface area contributed by atoms with Gasteiger partial charge in [0.1, 0.15) is 11.6 Å². The highest BCUT2D eigenvalue weighted by Gasteiger charge is 2.21. The molecule has 0 aliphatic heterocycles. The van der Waals surface area contributed by atoms with Crippen LogP contribution >= 0.6 is 15.9 Å². The van der Waals surface area contributed by atoms with E-state index in [-0.39, 0.29) is 11.6 Å². The molecule has 0 aliphatic carbocycles. The van der Waals surface area contributed by atoms with Crippen LogP contribution in [-0.4, -0.2) is 19.8 Å². The van der Waals surface area contributed by atoms with Crippen LogP contribution in [0.1, 0.15) is 44.7 Å². The molecule has 0 aliphatic rings. The van der Waals surface area contributed by atoms with Crippen LogP contribution in [-0.2, 0) is 4.74 Å². The summed E-state index contributed by atoms with van der Waals surface area (Å²) < 4.78 is 33.7. The zero-order chi connectivity index (χ0) is 15.0. The molecule has 1 aromatic carbocycles. The van der Waals surface area contributed by atoms with Gasteiger partial charge in [0.15, 0.2) is 0 Å². The molecule has 20 heavy (non-hydrogen) atoms. The van der Waals surface area contributed by atoms with Gasteiger partial charge in [-0.1, -0.05) is 6.92 Å². The molecular formula is C15H22BrF2NO. The predicted octanol–water partition coefficient (Wildman–Crippen LogP) is 4.58. The van der Waals surface area contributed by atoms with Gasteiger partial charge in [-0.3, -0.25) is 0 Å². The zero-order valence-corrected chi connectivity index (χ0v) is 13.6. The van der Waals surface area contributed by atoms with Gasteiger partial charge >= 0.3 is 0 Å². The van der Waals surface area contributed by atoms with Crippen molar-refractivity contribution in [2.24, 2.45) is 0 Å². The van der Waals surface area contributed by atoms with Crippen LogP contribution in [0.3, 0.4) is 0 Å². The molecule has 1 rings (SSSR count). The standard InChI is InChI=1S/C15H22BrF2NO/c1-3-9-19-13(6-5-10-20-4-2)14-12(17)8-7-11(16)15(14)18/h7-8,13,19H,3-6,9-10H2,1-2H3. The quantitative estimate of drug-likeness (QED) is 0.520. The summed E-state index contributed by atoms with van der Waals surface area (Å²) >= 11 is 3.12. The molecule has 0 spiro atoms. The first-order chi connectivity index (χ1) is 9.61. The third kappa shape index (κ3) is 5.11. The Morgan fingerprint density at radius 2 is 2.05 bits per heavy atom. The topological polar surface area (TPSA) is 21.3 Å². The fraction of sp³-hybridized carbons (Fsp3) is 0.600. The second-order valence-electron chi connectivity index (χ2n) is 4.60. The number of benzene rings is 1. The molecule has 0 bridgehead atoms. The number of nitrogens with one attached hydrogen (secondary N) is 1. The molecular weight excluding hydrogens is 328 g/mol.